The van der Waals surface area contributed by atoms with E-state index in [1.807, 2.05) is 19.9 Å². The summed E-state index contributed by atoms with van der Waals surface area (Å²) in [6.45, 7) is 4.30. The minimum absolute atomic E-state index is 0.324. The number of aryl methyl sites for hydroxylation is 1. The number of anilines is 1. The van der Waals surface area contributed by atoms with Gasteiger partial charge in [-0.15, -0.1) is 0 Å². The zero-order valence-corrected chi connectivity index (χ0v) is 13.5. The third kappa shape index (κ3) is 3.24. The molecule has 0 atom stereocenters. The molecule has 5 heteroatoms. The number of sulfonamides is 1. The molecule has 0 amide bonds. The highest BCUT2D eigenvalue weighted by molar-refractivity contribution is 7.89. The predicted octanol–water partition coefficient (Wildman–Crippen LogP) is 2.60. The molecule has 0 unspecified atom stereocenters. The number of nitrogens with two attached hydrogens (primary N) is 1. The quantitative estimate of drug-likeness (QED) is 0.793. The van der Waals surface area contributed by atoms with Gasteiger partial charge in [0.15, 0.2) is 0 Å². The van der Waals surface area contributed by atoms with E-state index in [1.165, 1.54) is 25.7 Å². The second-order valence-electron chi connectivity index (χ2n) is 6.65. The minimum Gasteiger partial charge on any atom is -0.399 e. The van der Waals surface area contributed by atoms with E-state index in [1.54, 1.807) is 6.07 Å². The number of nitrogens with one attached hydrogen (secondary N) is 1. The summed E-state index contributed by atoms with van der Waals surface area (Å²) < 4.78 is 28.0. The molecule has 3 rings (SSSR count). The second kappa shape index (κ2) is 5.29. The molecule has 2 fully saturated rings. The maximum Gasteiger partial charge on any atom is 0.240 e. The predicted molar refractivity (Wildman–Crippen MR) is 84.5 cm³/mol. The van der Waals surface area contributed by atoms with Crippen molar-refractivity contribution in [3.8, 4) is 0 Å². The molecule has 116 valence electrons. The van der Waals surface area contributed by atoms with Gasteiger partial charge in [-0.3, -0.25) is 0 Å². The molecule has 0 bridgehead atoms. The molecule has 2 aliphatic rings. The molecule has 4 nitrogen and oxygen atoms in total. The number of benzene rings is 1. The van der Waals surface area contributed by atoms with Gasteiger partial charge in [0.25, 0.3) is 0 Å². The standard InChI is InChI=1S/C16H24N2O2S/c1-10-7-14(17)8-16(11(10)2)21(19,20)18-9-15(12-3-4-12)13-5-6-13/h7-8,12-13,15,18H,3-6,9,17H2,1-2H3. The Morgan fingerprint density at radius 2 is 1.76 bits per heavy atom. The Morgan fingerprint density at radius 1 is 1.19 bits per heavy atom. The molecule has 0 heterocycles. The highest BCUT2D eigenvalue weighted by Gasteiger charge is 2.41. The van der Waals surface area contributed by atoms with E-state index in [2.05, 4.69) is 4.72 Å². The van der Waals surface area contributed by atoms with Crippen molar-refractivity contribution in [2.75, 3.05) is 12.3 Å². The topological polar surface area (TPSA) is 72.2 Å². The van der Waals surface area contributed by atoms with Crippen molar-refractivity contribution in [3.63, 3.8) is 0 Å². The number of nitrogen functional groups attached to an aromatic ring is 1. The first-order valence-electron chi connectivity index (χ1n) is 7.75. The van der Waals surface area contributed by atoms with Gasteiger partial charge in [-0.1, -0.05) is 0 Å². The van der Waals surface area contributed by atoms with Gasteiger partial charge in [0, 0.05) is 12.2 Å². The molecular weight excluding hydrogens is 284 g/mol. The summed E-state index contributed by atoms with van der Waals surface area (Å²) in [4.78, 5) is 0.324. The third-order valence-electron chi connectivity index (χ3n) is 4.90. The minimum atomic E-state index is -3.47. The summed E-state index contributed by atoms with van der Waals surface area (Å²) in [7, 11) is -3.47. The first-order valence-corrected chi connectivity index (χ1v) is 9.23. The second-order valence-corrected chi connectivity index (χ2v) is 8.39. The van der Waals surface area contributed by atoms with Crippen LogP contribution in [0.3, 0.4) is 0 Å². The third-order valence-corrected chi connectivity index (χ3v) is 6.45. The Labute approximate surface area is 127 Å². The van der Waals surface area contributed by atoms with E-state index in [0.717, 1.165) is 23.0 Å². The summed E-state index contributed by atoms with van der Waals surface area (Å²) in [5, 5.41) is 0. The Kier molecular flexibility index (Phi) is 3.74. The lowest BCUT2D eigenvalue weighted by Crippen LogP contribution is -2.31. The maximum absolute atomic E-state index is 12.6. The van der Waals surface area contributed by atoms with Gasteiger partial charge in [-0.2, -0.15) is 0 Å². The van der Waals surface area contributed by atoms with E-state index >= 15 is 0 Å². The molecule has 0 saturated heterocycles. The highest BCUT2D eigenvalue weighted by atomic mass is 32.2. The van der Waals surface area contributed by atoms with Crippen LogP contribution in [0, 0.1) is 31.6 Å². The normalized spacial score (nSPS) is 19.2. The lowest BCUT2D eigenvalue weighted by atomic mass is 9.99. The molecule has 21 heavy (non-hydrogen) atoms. The molecule has 2 saturated carbocycles. The molecule has 0 aromatic heterocycles. The summed E-state index contributed by atoms with van der Waals surface area (Å²) in [5.41, 5.74) is 8.00. The fourth-order valence-corrected chi connectivity index (χ4v) is 4.61. The first-order chi connectivity index (χ1) is 9.88. The van der Waals surface area contributed by atoms with E-state index in [-0.39, 0.29) is 0 Å². The van der Waals surface area contributed by atoms with Crippen LogP contribution in [0.25, 0.3) is 0 Å². The molecule has 2 aliphatic carbocycles. The summed E-state index contributed by atoms with van der Waals surface area (Å²) in [5.74, 6) is 2.01. The number of hydrogen-bond acceptors (Lipinski definition) is 3. The number of rotatable bonds is 6. The van der Waals surface area contributed by atoms with Gasteiger partial charge in [0.1, 0.15) is 0 Å². The van der Waals surface area contributed by atoms with Gasteiger partial charge < -0.3 is 5.73 Å². The van der Waals surface area contributed by atoms with Gasteiger partial charge in [0.05, 0.1) is 4.90 Å². The van der Waals surface area contributed by atoms with Crippen molar-refractivity contribution in [3.05, 3.63) is 23.3 Å². The van der Waals surface area contributed by atoms with Crippen LogP contribution in [0.15, 0.2) is 17.0 Å². The summed E-state index contributed by atoms with van der Waals surface area (Å²) in [6, 6.07) is 3.37. The first kappa shape index (κ1) is 14.9. The Morgan fingerprint density at radius 3 is 2.29 bits per heavy atom. The Balaban J connectivity index is 1.77. The van der Waals surface area contributed by atoms with Crippen molar-refractivity contribution in [1.82, 2.24) is 4.72 Å². The largest absolute Gasteiger partial charge is 0.399 e. The van der Waals surface area contributed by atoms with Crippen molar-refractivity contribution >= 4 is 15.7 Å². The molecule has 0 spiro atoms. The van der Waals surface area contributed by atoms with Crippen LogP contribution < -0.4 is 10.5 Å². The molecule has 0 aliphatic heterocycles. The lowest BCUT2D eigenvalue weighted by Gasteiger charge is -2.18. The molecule has 0 radical (unpaired) electrons. The zero-order valence-electron chi connectivity index (χ0n) is 12.7. The monoisotopic (exact) mass is 308 g/mol. The molecule has 1 aromatic rings. The van der Waals surface area contributed by atoms with E-state index in [0.29, 0.717) is 23.0 Å². The van der Waals surface area contributed by atoms with Crippen LogP contribution in [0.5, 0.6) is 0 Å². The van der Waals surface area contributed by atoms with Crippen LogP contribution in [-0.4, -0.2) is 15.0 Å². The van der Waals surface area contributed by atoms with E-state index in [4.69, 9.17) is 5.73 Å². The van der Waals surface area contributed by atoms with Gasteiger partial charge in [-0.05, 0) is 80.5 Å². The smallest absolute Gasteiger partial charge is 0.240 e. The molecule has 1 aromatic carbocycles. The van der Waals surface area contributed by atoms with Crippen LogP contribution in [0.2, 0.25) is 0 Å². The SMILES string of the molecule is Cc1cc(N)cc(S(=O)(=O)NCC(C2CC2)C2CC2)c1C. The fourth-order valence-electron chi connectivity index (χ4n) is 3.18. The van der Waals surface area contributed by atoms with Crippen molar-refractivity contribution in [2.24, 2.45) is 17.8 Å². The van der Waals surface area contributed by atoms with E-state index < -0.39 is 10.0 Å². The van der Waals surface area contributed by atoms with Crippen LogP contribution in [-0.2, 0) is 10.0 Å². The Hall–Kier alpha value is -1.07. The van der Waals surface area contributed by atoms with Crippen molar-refractivity contribution < 1.29 is 8.42 Å². The summed E-state index contributed by atoms with van der Waals surface area (Å²) >= 11 is 0. The van der Waals surface area contributed by atoms with Crippen LogP contribution in [0.4, 0.5) is 5.69 Å². The van der Waals surface area contributed by atoms with Crippen LogP contribution in [0.1, 0.15) is 36.8 Å². The Bertz CT molecular complexity index is 634. The number of hydrogen-bond donors (Lipinski definition) is 2. The molecular formula is C16H24N2O2S. The van der Waals surface area contributed by atoms with Gasteiger partial charge in [-0.25, -0.2) is 13.1 Å². The maximum atomic E-state index is 12.6. The van der Waals surface area contributed by atoms with Crippen LogP contribution >= 0.6 is 0 Å². The van der Waals surface area contributed by atoms with Gasteiger partial charge >= 0.3 is 0 Å². The molecule has 3 N–H and O–H groups in total. The highest BCUT2D eigenvalue weighted by Crippen LogP contribution is 2.48. The van der Waals surface area contributed by atoms with Crippen molar-refractivity contribution in [2.45, 2.75) is 44.4 Å². The summed E-state index contributed by atoms with van der Waals surface area (Å²) in [6.07, 6.45) is 5.05. The average Bonchev–Trinajstić information content (AvgIpc) is 3.25. The zero-order chi connectivity index (χ0) is 15.2. The average molecular weight is 308 g/mol. The fraction of sp³-hybridized carbons (Fsp3) is 0.625. The lowest BCUT2D eigenvalue weighted by molar-refractivity contribution is 0.401. The van der Waals surface area contributed by atoms with Crippen molar-refractivity contribution in [1.29, 1.82) is 0 Å². The van der Waals surface area contributed by atoms with Gasteiger partial charge in [0.2, 0.25) is 10.0 Å². The van der Waals surface area contributed by atoms with E-state index in [9.17, 15) is 8.42 Å².